The second-order valence-electron chi connectivity index (χ2n) is 5.47. The molecule has 3 heteroatoms. The summed E-state index contributed by atoms with van der Waals surface area (Å²) < 4.78 is 11.3. The topological polar surface area (TPSA) is 44.5 Å². The normalized spacial score (nSPS) is 12.7. The van der Waals surface area contributed by atoms with Gasteiger partial charge in [-0.3, -0.25) is 0 Å². The van der Waals surface area contributed by atoms with Gasteiger partial charge in [0.2, 0.25) is 0 Å². The molecule has 0 heterocycles. The van der Waals surface area contributed by atoms with Crippen LogP contribution >= 0.6 is 0 Å². The molecule has 0 saturated heterocycles. The lowest BCUT2D eigenvalue weighted by molar-refractivity contribution is 0.0922. The van der Waals surface area contributed by atoms with Gasteiger partial charge in [-0.15, -0.1) is 0 Å². The van der Waals surface area contributed by atoms with Crippen LogP contribution in [0.5, 0.6) is 5.75 Å². The Morgan fingerprint density at radius 2 is 1.84 bits per heavy atom. The number of ether oxygens (including phenoxy) is 2. The SMILES string of the molecule is Cc1ccc(OCCOCCC(C)C)c(C(C)N)c1. The molecule has 2 N–H and O–H groups in total. The summed E-state index contributed by atoms with van der Waals surface area (Å²) in [6.45, 7) is 10.4. The van der Waals surface area contributed by atoms with Crippen LogP contribution in [0, 0.1) is 12.8 Å². The molecular formula is C16H27NO2. The molecule has 0 saturated carbocycles. The molecule has 0 bridgehead atoms. The molecule has 0 fully saturated rings. The Morgan fingerprint density at radius 1 is 1.11 bits per heavy atom. The molecule has 0 aliphatic rings. The fourth-order valence-corrected chi connectivity index (χ4v) is 1.79. The number of hydrogen-bond acceptors (Lipinski definition) is 3. The standard InChI is InChI=1S/C16H27NO2/c1-12(2)7-8-18-9-10-19-16-6-5-13(3)11-15(16)14(4)17/h5-6,11-12,14H,7-10,17H2,1-4H3. The van der Waals surface area contributed by atoms with Crippen LogP contribution in [0.15, 0.2) is 18.2 Å². The Balaban J connectivity index is 2.37. The fourth-order valence-electron chi connectivity index (χ4n) is 1.79. The molecule has 1 atom stereocenters. The van der Waals surface area contributed by atoms with Crippen LogP contribution in [0.1, 0.15) is 44.4 Å². The maximum Gasteiger partial charge on any atom is 0.124 e. The summed E-state index contributed by atoms with van der Waals surface area (Å²) in [5.41, 5.74) is 8.22. The molecule has 1 aromatic rings. The van der Waals surface area contributed by atoms with Crippen molar-refractivity contribution >= 4 is 0 Å². The molecule has 0 aliphatic heterocycles. The van der Waals surface area contributed by atoms with Gasteiger partial charge < -0.3 is 15.2 Å². The Kier molecular flexibility index (Phi) is 6.89. The van der Waals surface area contributed by atoms with Crippen LogP contribution in [-0.4, -0.2) is 19.8 Å². The predicted octanol–water partition coefficient (Wildman–Crippen LogP) is 3.46. The summed E-state index contributed by atoms with van der Waals surface area (Å²) >= 11 is 0. The van der Waals surface area contributed by atoms with Crippen LogP contribution in [0.4, 0.5) is 0 Å². The second-order valence-corrected chi connectivity index (χ2v) is 5.47. The Labute approximate surface area is 117 Å². The van der Waals surface area contributed by atoms with Crippen LogP contribution in [-0.2, 0) is 4.74 Å². The molecule has 0 spiro atoms. The maximum atomic E-state index is 5.96. The molecule has 1 aromatic carbocycles. The average Bonchev–Trinajstić information content (AvgIpc) is 2.34. The van der Waals surface area contributed by atoms with E-state index in [1.165, 1.54) is 5.56 Å². The van der Waals surface area contributed by atoms with Crippen LogP contribution in [0.2, 0.25) is 0 Å². The molecule has 1 rings (SSSR count). The first-order chi connectivity index (χ1) is 9.00. The lowest BCUT2D eigenvalue weighted by atomic mass is 10.1. The predicted molar refractivity (Wildman–Crippen MR) is 79.6 cm³/mol. The van der Waals surface area contributed by atoms with E-state index in [4.69, 9.17) is 15.2 Å². The number of benzene rings is 1. The van der Waals surface area contributed by atoms with Crippen molar-refractivity contribution in [3.8, 4) is 5.75 Å². The van der Waals surface area contributed by atoms with E-state index in [1.807, 2.05) is 19.1 Å². The van der Waals surface area contributed by atoms with E-state index in [-0.39, 0.29) is 6.04 Å². The van der Waals surface area contributed by atoms with Crippen molar-refractivity contribution < 1.29 is 9.47 Å². The van der Waals surface area contributed by atoms with Gasteiger partial charge in [-0.05, 0) is 32.3 Å². The van der Waals surface area contributed by atoms with Gasteiger partial charge in [0.05, 0.1) is 6.61 Å². The molecule has 3 nitrogen and oxygen atoms in total. The number of hydrogen-bond donors (Lipinski definition) is 1. The third kappa shape index (κ3) is 6.08. The molecule has 19 heavy (non-hydrogen) atoms. The van der Waals surface area contributed by atoms with E-state index in [0.717, 1.165) is 24.3 Å². The number of nitrogens with two attached hydrogens (primary N) is 1. The van der Waals surface area contributed by atoms with Crippen molar-refractivity contribution in [3.63, 3.8) is 0 Å². The summed E-state index contributed by atoms with van der Waals surface area (Å²) in [4.78, 5) is 0. The van der Waals surface area contributed by atoms with Crippen LogP contribution in [0.3, 0.4) is 0 Å². The third-order valence-corrected chi connectivity index (χ3v) is 2.98. The van der Waals surface area contributed by atoms with Crippen molar-refractivity contribution in [1.82, 2.24) is 0 Å². The van der Waals surface area contributed by atoms with E-state index in [1.54, 1.807) is 0 Å². The Hall–Kier alpha value is -1.06. The summed E-state index contributed by atoms with van der Waals surface area (Å²) in [6, 6.07) is 6.10. The van der Waals surface area contributed by atoms with Crippen LogP contribution in [0.25, 0.3) is 0 Å². The minimum absolute atomic E-state index is 0.0169. The number of rotatable bonds is 8. The zero-order valence-electron chi connectivity index (χ0n) is 12.6. The van der Waals surface area contributed by atoms with Gasteiger partial charge in [0.15, 0.2) is 0 Å². The van der Waals surface area contributed by atoms with E-state index in [0.29, 0.717) is 19.1 Å². The third-order valence-electron chi connectivity index (χ3n) is 2.98. The largest absolute Gasteiger partial charge is 0.491 e. The van der Waals surface area contributed by atoms with Crippen LogP contribution < -0.4 is 10.5 Å². The highest BCUT2D eigenvalue weighted by molar-refractivity contribution is 5.38. The first-order valence-corrected chi connectivity index (χ1v) is 7.07. The van der Waals surface area contributed by atoms with E-state index >= 15 is 0 Å². The molecule has 0 aliphatic carbocycles. The number of aryl methyl sites for hydroxylation is 1. The Morgan fingerprint density at radius 3 is 2.47 bits per heavy atom. The van der Waals surface area contributed by atoms with Crippen molar-refractivity contribution in [1.29, 1.82) is 0 Å². The monoisotopic (exact) mass is 265 g/mol. The first kappa shape index (κ1) is 16.0. The smallest absolute Gasteiger partial charge is 0.124 e. The molecule has 1 unspecified atom stereocenters. The average molecular weight is 265 g/mol. The van der Waals surface area contributed by atoms with E-state index < -0.39 is 0 Å². The van der Waals surface area contributed by atoms with Crippen molar-refractivity contribution in [3.05, 3.63) is 29.3 Å². The van der Waals surface area contributed by atoms with E-state index in [2.05, 4.69) is 26.8 Å². The zero-order valence-corrected chi connectivity index (χ0v) is 12.6. The van der Waals surface area contributed by atoms with Gasteiger partial charge in [0.25, 0.3) is 0 Å². The van der Waals surface area contributed by atoms with Crippen molar-refractivity contribution in [2.75, 3.05) is 19.8 Å². The maximum absolute atomic E-state index is 5.96. The molecule has 0 amide bonds. The lowest BCUT2D eigenvalue weighted by Gasteiger charge is -2.15. The van der Waals surface area contributed by atoms with Gasteiger partial charge >= 0.3 is 0 Å². The summed E-state index contributed by atoms with van der Waals surface area (Å²) in [7, 11) is 0. The molecular weight excluding hydrogens is 238 g/mol. The highest BCUT2D eigenvalue weighted by Gasteiger charge is 2.08. The molecule has 0 radical (unpaired) electrons. The quantitative estimate of drug-likeness (QED) is 0.732. The Bertz CT molecular complexity index is 375. The fraction of sp³-hybridized carbons (Fsp3) is 0.625. The second kappa shape index (κ2) is 8.18. The van der Waals surface area contributed by atoms with Crippen molar-refractivity contribution in [2.45, 2.75) is 40.2 Å². The van der Waals surface area contributed by atoms with Gasteiger partial charge in [-0.25, -0.2) is 0 Å². The summed E-state index contributed by atoms with van der Waals surface area (Å²) in [5, 5.41) is 0. The first-order valence-electron chi connectivity index (χ1n) is 7.07. The zero-order chi connectivity index (χ0) is 14.3. The minimum atomic E-state index is -0.0169. The summed E-state index contributed by atoms with van der Waals surface area (Å²) in [6.07, 6.45) is 1.09. The van der Waals surface area contributed by atoms with E-state index in [9.17, 15) is 0 Å². The summed E-state index contributed by atoms with van der Waals surface area (Å²) in [5.74, 6) is 1.55. The van der Waals surface area contributed by atoms with Gasteiger partial charge in [0, 0.05) is 18.2 Å². The van der Waals surface area contributed by atoms with Gasteiger partial charge in [-0.1, -0.05) is 31.5 Å². The highest BCUT2D eigenvalue weighted by Crippen LogP contribution is 2.24. The minimum Gasteiger partial charge on any atom is -0.491 e. The lowest BCUT2D eigenvalue weighted by Crippen LogP contribution is -2.12. The molecule has 0 aromatic heterocycles. The van der Waals surface area contributed by atoms with Crippen molar-refractivity contribution in [2.24, 2.45) is 11.7 Å². The highest BCUT2D eigenvalue weighted by atomic mass is 16.5. The van der Waals surface area contributed by atoms with Gasteiger partial charge in [0.1, 0.15) is 12.4 Å². The van der Waals surface area contributed by atoms with Gasteiger partial charge in [-0.2, -0.15) is 0 Å². The molecule has 108 valence electrons.